The summed E-state index contributed by atoms with van der Waals surface area (Å²) in [5.74, 6) is 5.76. The number of quaternary nitrogens is 2. The van der Waals surface area contributed by atoms with Crippen molar-refractivity contribution in [3.05, 3.63) is 35.9 Å². The van der Waals surface area contributed by atoms with Gasteiger partial charge >= 0.3 is 0 Å². The number of benzene rings is 1. The molecule has 1 fully saturated rings. The van der Waals surface area contributed by atoms with Crippen molar-refractivity contribution in [3.63, 3.8) is 0 Å². The molecule has 2 atom stereocenters. The zero-order valence-electron chi connectivity index (χ0n) is 10.8. The Kier molecular flexibility index (Phi) is 4.05. The molecular weight excluding hydrogens is 220 g/mol. The molecule has 2 N–H and O–H groups in total. The summed E-state index contributed by atoms with van der Waals surface area (Å²) in [4.78, 5) is 2.77. The molecule has 0 unspecified atom stereocenters. The Hall–Kier alpha value is -1.74. The van der Waals surface area contributed by atoms with Crippen molar-refractivity contribution in [2.75, 3.05) is 20.1 Å². The zero-order chi connectivity index (χ0) is 13.0. The molecule has 0 aliphatic carbocycles. The predicted molar refractivity (Wildman–Crippen MR) is 73.0 cm³/mol. The van der Waals surface area contributed by atoms with Gasteiger partial charge in [-0.3, -0.25) is 0 Å². The Labute approximate surface area is 110 Å². The van der Waals surface area contributed by atoms with E-state index in [-0.39, 0.29) is 12.1 Å². The van der Waals surface area contributed by atoms with Gasteiger partial charge in [-0.1, -0.05) is 30.3 Å². The van der Waals surface area contributed by atoms with Crippen LogP contribution < -0.4 is 9.80 Å². The minimum Gasteiger partial charge on any atom is -0.320 e. The molecular formula is C16H20N2+2. The fourth-order valence-corrected chi connectivity index (χ4v) is 2.64. The van der Waals surface area contributed by atoms with Gasteiger partial charge in [0.05, 0.1) is 7.05 Å². The molecule has 0 spiro atoms. The number of rotatable bonds is 2. The maximum Gasteiger partial charge on any atom is 0.199 e. The van der Waals surface area contributed by atoms with Crippen molar-refractivity contribution in [1.82, 2.24) is 0 Å². The topological polar surface area (TPSA) is 8.88 Å². The van der Waals surface area contributed by atoms with E-state index in [1.165, 1.54) is 15.4 Å². The summed E-state index contributed by atoms with van der Waals surface area (Å²) < 4.78 is 0. The van der Waals surface area contributed by atoms with Crippen LogP contribution in [0.3, 0.4) is 0 Å². The van der Waals surface area contributed by atoms with Gasteiger partial charge < -0.3 is 9.80 Å². The molecule has 0 amide bonds. The average Bonchev–Trinajstić information content (AvgIpc) is 2.41. The van der Waals surface area contributed by atoms with Gasteiger partial charge in [0.1, 0.15) is 19.6 Å². The van der Waals surface area contributed by atoms with Crippen LogP contribution in [-0.2, 0) is 6.54 Å². The molecule has 0 radical (unpaired) electrons. The van der Waals surface area contributed by atoms with Gasteiger partial charge in [0.25, 0.3) is 0 Å². The van der Waals surface area contributed by atoms with Crippen LogP contribution in [0.4, 0.5) is 0 Å². The van der Waals surface area contributed by atoms with Crippen molar-refractivity contribution < 1.29 is 9.80 Å². The molecule has 92 valence electrons. The highest BCUT2D eigenvalue weighted by Crippen LogP contribution is 1.96. The number of nitrogens with one attached hydrogen (secondary N) is 2. The van der Waals surface area contributed by atoms with Crippen LogP contribution >= 0.6 is 0 Å². The van der Waals surface area contributed by atoms with Gasteiger partial charge in [0.15, 0.2) is 12.1 Å². The third kappa shape index (κ3) is 2.74. The van der Waals surface area contributed by atoms with Crippen molar-refractivity contribution in [2.24, 2.45) is 0 Å². The molecule has 1 aromatic rings. The third-order valence-corrected chi connectivity index (χ3v) is 3.78. The van der Waals surface area contributed by atoms with Crippen molar-refractivity contribution >= 4 is 0 Å². The van der Waals surface area contributed by atoms with Gasteiger partial charge in [-0.2, -0.15) is 0 Å². The van der Waals surface area contributed by atoms with Crippen LogP contribution in [0.2, 0.25) is 0 Å². The second-order valence-corrected chi connectivity index (χ2v) is 5.00. The van der Waals surface area contributed by atoms with E-state index in [2.05, 4.69) is 43.2 Å². The Morgan fingerprint density at radius 2 is 1.67 bits per heavy atom. The quantitative estimate of drug-likeness (QED) is 0.589. The van der Waals surface area contributed by atoms with E-state index in [4.69, 9.17) is 12.8 Å². The van der Waals surface area contributed by atoms with Gasteiger partial charge in [0, 0.05) is 5.56 Å². The lowest BCUT2D eigenvalue weighted by atomic mass is 10.1. The third-order valence-electron chi connectivity index (χ3n) is 3.78. The lowest BCUT2D eigenvalue weighted by Gasteiger charge is -2.35. The lowest BCUT2D eigenvalue weighted by molar-refractivity contribution is -1.03. The lowest BCUT2D eigenvalue weighted by Crippen LogP contribution is -3.31. The fourth-order valence-electron chi connectivity index (χ4n) is 2.64. The van der Waals surface area contributed by atoms with Crippen LogP contribution in [0.15, 0.2) is 30.3 Å². The molecule has 0 saturated carbocycles. The van der Waals surface area contributed by atoms with E-state index in [1.54, 1.807) is 0 Å². The first kappa shape index (κ1) is 12.7. The summed E-state index contributed by atoms with van der Waals surface area (Å²) in [6.07, 6.45) is 11.2. The molecule has 1 aliphatic heterocycles. The maximum atomic E-state index is 5.61. The molecule has 2 rings (SSSR count). The standard InChI is InChI=1S/C16H18N2/c1-4-15-12-18(13-16(5-2)17(15)3)11-14-9-7-6-8-10-14/h1-2,6-10,15-16H,11-13H2,3H3/p+2/t15-,16-/m0/s1. The van der Waals surface area contributed by atoms with E-state index in [0.717, 1.165) is 19.6 Å². The summed E-state index contributed by atoms with van der Waals surface area (Å²) in [6, 6.07) is 11.0. The molecule has 1 aromatic carbocycles. The summed E-state index contributed by atoms with van der Waals surface area (Å²) in [5, 5.41) is 0. The van der Waals surface area contributed by atoms with Crippen LogP contribution in [0.25, 0.3) is 0 Å². The van der Waals surface area contributed by atoms with Crippen molar-refractivity contribution in [1.29, 1.82) is 0 Å². The Morgan fingerprint density at radius 1 is 1.11 bits per heavy atom. The first-order valence-corrected chi connectivity index (χ1v) is 6.37. The van der Waals surface area contributed by atoms with Crippen LogP contribution in [-0.4, -0.2) is 32.2 Å². The molecule has 1 aliphatic rings. The number of terminal acetylenes is 2. The van der Waals surface area contributed by atoms with E-state index in [1.807, 2.05) is 6.07 Å². The van der Waals surface area contributed by atoms with E-state index < -0.39 is 0 Å². The minimum atomic E-state index is 0.221. The SMILES string of the molecule is C#C[C@H]1C[NH+](Cc2ccccc2)C[C@H](C#C)[NH+]1C. The molecule has 1 saturated heterocycles. The van der Waals surface area contributed by atoms with E-state index in [0.29, 0.717) is 0 Å². The second-order valence-electron chi connectivity index (χ2n) is 5.00. The molecule has 0 aromatic heterocycles. The number of hydrogen-bond acceptors (Lipinski definition) is 0. The molecule has 2 heteroatoms. The summed E-state index contributed by atoms with van der Waals surface area (Å²) >= 11 is 0. The van der Waals surface area contributed by atoms with Crippen LogP contribution in [0.5, 0.6) is 0 Å². The van der Waals surface area contributed by atoms with Crippen LogP contribution in [0, 0.1) is 24.7 Å². The Bertz CT molecular complexity index is 442. The van der Waals surface area contributed by atoms with Gasteiger partial charge in [0.2, 0.25) is 0 Å². The van der Waals surface area contributed by atoms with E-state index >= 15 is 0 Å². The number of likely N-dealkylation sites (N-methyl/N-ethyl adjacent to an activating group) is 1. The van der Waals surface area contributed by atoms with E-state index in [9.17, 15) is 0 Å². The first-order chi connectivity index (χ1) is 8.74. The first-order valence-electron chi connectivity index (χ1n) is 6.37. The van der Waals surface area contributed by atoms with Crippen molar-refractivity contribution in [3.8, 4) is 24.7 Å². The summed E-state index contributed by atoms with van der Waals surface area (Å²) in [5.41, 5.74) is 1.35. The van der Waals surface area contributed by atoms with Gasteiger partial charge in [-0.25, -0.2) is 0 Å². The average molecular weight is 240 g/mol. The molecule has 2 nitrogen and oxygen atoms in total. The molecule has 1 heterocycles. The highest BCUT2D eigenvalue weighted by atomic mass is 15.3. The minimum absolute atomic E-state index is 0.221. The highest BCUT2D eigenvalue weighted by molar-refractivity contribution is 5.13. The summed E-state index contributed by atoms with van der Waals surface area (Å²) in [7, 11) is 2.11. The van der Waals surface area contributed by atoms with Gasteiger partial charge in [-0.05, 0) is 11.8 Å². The van der Waals surface area contributed by atoms with Crippen molar-refractivity contribution in [2.45, 2.75) is 18.6 Å². The van der Waals surface area contributed by atoms with Gasteiger partial charge in [-0.15, -0.1) is 12.8 Å². The number of piperazine rings is 1. The molecule has 18 heavy (non-hydrogen) atoms. The monoisotopic (exact) mass is 240 g/mol. The smallest absolute Gasteiger partial charge is 0.199 e. The maximum absolute atomic E-state index is 5.61. The fraction of sp³-hybridized carbons (Fsp3) is 0.375. The zero-order valence-corrected chi connectivity index (χ0v) is 10.8. The number of hydrogen-bond donors (Lipinski definition) is 2. The molecule has 0 bridgehead atoms. The van der Waals surface area contributed by atoms with Crippen LogP contribution in [0.1, 0.15) is 5.56 Å². The normalized spacial score (nSPS) is 31.3. The Balaban J connectivity index is 2.07. The second kappa shape index (κ2) is 5.74. The predicted octanol–water partition coefficient (Wildman–Crippen LogP) is -1.40. The Morgan fingerprint density at radius 3 is 2.17 bits per heavy atom. The summed E-state index contributed by atoms with van der Waals surface area (Å²) in [6.45, 7) is 3.00. The largest absolute Gasteiger partial charge is 0.320 e. The highest BCUT2D eigenvalue weighted by Gasteiger charge is 2.36.